The molecule has 4 aromatic rings. The number of nitrogens with zero attached hydrogens (tertiary/aromatic N) is 5. The van der Waals surface area contributed by atoms with Crippen molar-refractivity contribution >= 4 is 22.1 Å². The Morgan fingerprint density at radius 2 is 1.05 bits per heavy atom. The van der Waals surface area contributed by atoms with Gasteiger partial charge >= 0.3 is 11.4 Å². The van der Waals surface area contributed by atoms with E-state index in [1.165, 1.54) is 116 Å². The highest BCUT2D eigenvalue weighted by Gasteiger charge is 2.34. The van der Waals surface area contributed by atoms with Crippen molar-refractivity contribution in [3.05, 3.63) is 69.5 Å². The van der Waals surface area contributed by atoms with Gasteiger partial charge in [0.1, 0.15) is 0 Å². The molecule has 2 saturated carbocycles. The second kappa shape index (κ2) is 19.5. The maximum absolute atomic E-state index is 13.2. The molecule has 0 atom stereocenters. The van der Waals surface area contributed by atoms with Gasteiger partial charge in [0.05, 0.1) is 28.6 Å². The summed E-state index contributed by atoms with van der Waals surface area (Å²) in [5.41, 5.74) is 5.16. The van der Waals surface area contributed by atoms with Crippen LogP contribution in [0, 0.1) is 23.2 Å². The number of aromatic nitrogens is 4. The third kappa shape index (κ3) is 9.68. The number of benzene rings is 2. The second-order valence-electron chi connectivity index (χ2n) is 18.5. The molecular formula is C49H72N6O2. The Morgan fingerprint density at radius 3 is 1.54 bits per heavy atom. The first-order valence-corrected chi connectivity index (χ1v) is 23.2. The molecule has 2 aliphatic heterocycles. The lowest BCUT2D eigenvalue weighted by atomic mass is 9.73. The number of fused-ring (bicyclic) bond motifs is 2. The minimum absolute atomic E-state index is 0.0534. The Bertz CT molecular complexity index is 2010. The smallest absolute Gasteiger partial charge is 0.306 e. The zero-order valence-corrected chi connectivity index (χ0v) is 35.5. The SMILES string of the molecule is C#CCn1c(=O)n(C2CCN(CC3(CC)CCCCCCC3)CC2)c2ccccc21.CCC1(CN2CCC(n3c(=O)[nH]c4ccccc43)CC2)CCCCCCC1. The van der Waals surface area contributed by atoms with Crippen LogP contribution >= 0.6 is 0 Å². The molecule has 310 valence electrons. The van der Waals surface area contributed by atoms with Crippen LogP contribution in [0.15, 0.2) is 58.1 Å². The quantitative estimate of drug-likeness (QED) is 0.172. The second-order valence-corrected chi connectivity index (χ2v) is 18.5. The molecule has 8 heteroatoms. The van der Waals surface area contributed by atoms with Crippen molar-refractivity contribution in [2.24, 2.45) is 10.8 Å². The zero-order chi connectivity index (χ0) is 39.7. The van der Waals surface area contributed by atoms with E-state index in [2.05, 4.69) is 46.7 Å². The minimum Gasteiger partial charge on any atom is -0.306 e. The molecule has 4 aliphatic rings. The number of piperidine rings is 2. The van der Waals surface area contributed by atoms with Gasteiger partial charge in [0.15, 0.2) is 0 Å². The van der Waals surface area contributed by atoms with Gasteiger partial charge in [-0.3, -0.25) is 13.7 Å². The highest BCUT2D eigenvalue weighted by atomic mass is 16.2. The molecule has 2 aromatic heterocycles. The van der Waals surface area contributed by atoms with Crippen LogP contribution in [-0.2, 0) is 6.54 Å². The van der Waals surface area contributed by atoms with Crippen LogP contribution in [0.2, 0.25) is 0 Å². The number of hydrogen-bond acceptors (Lipinski definition) is 4. The predicted molar refractivity (Wildman–Crippen MR) is 237 cm³/mol. The molecule has 2 saturated heterocycles. The van der Waals surface area contributed by atoms with Crippen molar-refractivity contribution in [2.75, 3.05) is 39.3 Å². The maximum atomic E-state index is 13.2. The number of rotatable bonds is 9. The first-order chi connectivity index (χ1) is 27.9. The summed E-state index contributed by atoms with van der Waals surface area (Å²) in [6.45, 7) is 12.1. The summed E-state index contributed by atoms with van der Waals surface area (Å²) in [6.07, 6.45) is 32.2. The van der Waals surface area contributed by atoms with E-state index < -0.39 is 0 Å². The van der Waals surface area contributed by atoms with Crippen LogP contribution in [0.25, 0.3) is 22.1 Å². The number of nitrogens with one attached hydrogen (secondary N) is 1. The van der Waals surface area contributed by atoms with Crippen LogP contribution in [-0.4, -0.2) is 67.8 Å². The Hall–Kier alpha value is -3.54. The average Bonchev–Trinajstić information content (AvgIpc) is 3.70. The Kier molecular flexibility index (Phi) is 14.2. The molecule has 1 N–H and O–H groups in total. The molecule has 4 fully saturated rings. The van der Waals surface area contributed by atoms with Gasteiger partial charge in [0, 0.05) is 51.4 Å². The highest BCUT2D eigenvalue weighted by Crippen LogP contribution is 2.40. The average molecular weight is 777 g/mol. The molecule has 0 unspecified atom stereocenters. The number of imidazole rings is 2. The Labute approximate surface area is 342 Å². The minimum atomic E-state index is 0.0534. The van der Waals surface area contributed by atoms with Crippen molar-refractivity contribution < 1.29 is 0 Å². The fourth-order valence-corrected chi connectivity index (χ4v) is 11.4. The van der Waals surface area contributed by atoms with E-state index in [-0.39, 0.29) is 17.4 Å². The third-order valence-corrected chi connectivity index (χ3v) is 15.0. The number of para-hydroxylation sites is 4. The third-order valence-electron chi connectivity index (χ3n) is 15.0. The predicted octanol–water partition coefficient (Wildman–Crippen LogP) is 10.3. The van der Waals surface area contributed by atoms with Crippen LogP contribution in [0.1, 0.15) is 154 Å². The van der Waals surface area contributed by atoms with Gasteiger partial charge in [-0.05, 0) is 99.3 Å². The number of H-pyrrole nitrogens is 1. The summed E-state index contributed by atoms with van der Waals surface area (Å²) in [7, 11) is 0. The number of terminal acetylenes is 1. The summed E-state index contributed by atoms with van der Waals surface area (Å²) < 4.78 is 5.79. The molecule has 2 aromatic carbocycles. The van der Waals surface area contributed by atoms with Crippen LogP contribution < -0.4 is 11.4 Å². The topological polar surface area (TPSA) is 71.2 Å². The fraction of sp³-hybridized carbons (Fsp3) is 0.673. The normalized spacial score (nSPS) is 21.8. The maximum Gasteiger partial charge on any atom is 0.330 e. The van der Waals surface area contributed by atoms with Crippen molar-refractivity contribution in [3.63, 3.8) is 0 Å². The first-order valence-electron chi connectivity index (χ1n) is 23.2. The van der Waals surface area contributed by atoms with Gasteiger partial charge in [-0.15, -0.1) is 6.42 Å². The van der Waals surface area contributed by atoms with Crippen molar-refractivity contribution in [2.45, 2.75) is 161 Å². The lowest BCUT2D eigenvalue weighted by Crippen LogP contribution is -2.43. The first kappa shape index (κ1) is 41.6. The molecule has 0 radical (unpaired) electrons. The van der Waals surface area contributed by atoms with Gasteiger partial charge < -0.3 is 14.8 Å². The summed E-state index contributed by atoms with van der Waals surface area (Å²) >= 11 is 0. The van der Waals surface area contributed by atoms with Gasteiger partial charge in [-0.25, -0.2) is 9.59 Å². The lowest BCUT2D eigenvalue weighted by Gasteiger charge is -2.42. The molecule has 8 rings (SSSR count). The van der Waals surface area contributed by atoms with Gasteiger partial charge in [-0.1, -0.05) is 108 Å². The van der Waals surface area contributed by atoms with E-state index in [4.69, 9.17) is 6.42 Å². The van der Waals surface area contributed by atoms with Crippen molar-refractivity contribution in [1.82, 2.24) is 28.5 Å². The highest BCUT2D eigenvalue weighted by molar-refractivity contribution is 5.76. The molecule has 0 amide bonds. The summed E-state index contributed by atoms with van der Waals surface area (Å²) in [5.74, 6) is 2.65. The Morgan fingerprint density at radius 1 is 0.614 bits per heavy atom. The van der Waals surface area contributed by atoms with E-state index in [1.54, 1.807) is 4.57 Å². The summed E-state index contributed by atoms with van der Waals surface area (Å²) in [5, 5.41) is 0. The van der Waals surface area contributed by atoms with Crippen LogP contribution in [0.4, 0.5) is 0 Å². The van der Waals surface area contributed by atoms with E-state index in [9.17, 15) is 9.59 Å². The van der Waals surface area contributed by atoms with E-state index in [0.29, 0.717) is 23.4 Å². The molecule has 0 bridgehead atoms. The van der Waals surface area contributed by atoms with Crippen LogP contribution in [0.3, 0.4) is 0 Å². The van der Waals surface area contributed by atoms with Gasteiger partial charge in [0.2, 0.25) is 0 Å². The van der Waals surface area contributed by atoms with E-state index in [1.807, 2.05) is 45.5 Å². The summed E-state index contributed by atoms with van der Waals surface area (Å²) in [6, 6.07) is 16.8. The molecular weight excluding hydrogens is 705 g/mol. The summed E-state index contributed by atoms with van der Waals surface area (Å²) in [4.78, 5) is 34.1. The van der Waals surface area contributed by atoms with Gasteiger partial charge in [-0.2, -0.15) is 0 Å². The van der Waals surface area contributed by atoms with E-state index >= 15 is 0 Å². The number of aromatic amines is 1. The van der Waals surface area contributed by atoms with Crippen molar-refractivity contribution in [1.29, 1.82) is 0 Å². The molecule has 57 heavy (non-hydrogen) atoms. The number of likely N-dealkylation sites (tertiary alicyclic amines) is 2. The standard InChI is InChI=1S/C26H37N3O.C23H35N3O/c1-3-18-28-23-12-8-9-13-24(23)29(25(28)30)22-14-19-27(20-15-22)21-26(4-2)16-10-6-5-7-11-17-26;1-2-23(14-8-4-3-5-9-15-23)18-25-16-12-19(13-17-25)26-21-11-7-6-10-20(21)24-22(26)27/h1,8-9,12-13,22H,4-7,10-11,14-21H2,2H3;6-7,10-11,19H,2-5,8-9,12-18H2,1H3,(H,24,27). The fourth-order valence-electron chi connectivity index (χ4n) is 11.4. The Balaban J connectivity index is 0.000000175. The molecule has 2 aliphatic carbocycles. The van der Waals surface area contributed by atoms with Crippen molar-refractivity contribution in [3.8, 4) is 12.3 Å². The molecule has 4 heterocycles. The zero-order valence-electron chi connectivity index (χ0n) is 35.5. The van der Waals surface area contributed by atoms with Crippen LogP contribution in [0.5, 0.6) is 0 Å². The lowest BCUT2D eigenvalue weighted by molar-refractivity contribution is 0.0850. The monoisotopic (exact) mass is 777 g/mol. The molecule has 8 nitrogen and oxygen atoms in total. The van der Waals surface area contributed by atoms with E-state index in [0.717, 1.165) is 73.9 Å². The number of hydrogen-bond donors (Lipinski definition) is 1. The largest absolute Gasteiger partial charge is 0.330 e. The van der Waals surface area contributed by atoms with Gasteiger partial charge in [0.25, 0.3) is 0 Å². The molecule has 0 spiro atoms.